The van der Waals surface area contributed by atoms with Crippen LogP contribution in [0.1, 0.15) is 31.7 Å². The summed E-state index contributed by atoms with van der Waals surface area (Å²) < 4.78 is 0. The van der Waals surface area contributed by atoms with E-state index in [1.807, 2.05) is 18.2 Å². The van der Waals surface area contributed by atoms with E-state index < -0.39 is 0 Å². The Morgan fingerprint density at radius 1 is 1.15 bits per heavy atom. The van der Waals surface area contributed by atoms with E-state index in [0.29, 0.717) is 17.8 Å². The average Bonchev–Trinajstić information content (AvgIpc) is 2.69. The lowest BCUT2D eigenvalue weighted by Gasteiger charge is -2.48. The van der Waals surface area contributed by atoms with Gasteiger partial charge in [-0.05, 0) is 56.1 Å². The van der Waals surface area contributed by atoms with Crippen molar-refractivity contribution in [2.24, 2.45) is 0 Å². The number of aromatic hydroxyl groups is 1. The van der Waals surface area contributed by atoms with E-state index >= 15 is 0 Å². The van der Waals surface area contributed by atoms with Gasteiger partial charge < -0.3 is 10.0 Å². The summed E-state index contributed by atoms with van der Waals surface area (Å²) in [6.07, 6.45) is 5.56. The normalized spacial score (nSPS) is 23.1. The molecule has 4 nitrogen and oxygen atoms in total. The molecule has 0 aliphatic carbocycles. The van der Waals surface area contributed by atoms with Gasteiger partial charge in [0.25, 0.3) is 0 Å². The van der Waals surface area contributed by atoms with Gasteiger partial charge in [0.05, 0.1) is 0 Å². The van der Waals surface area contributed by atoms with Crippen molar-refractivity contribution in [1.29, 1.82) is 0 Å². The third-order valence-corrected chi connectivity index (χ3v) is 6.01. The van der Waals surface area contributed by atoms with Gasteiger partial charge in [0, 0.05) is 44.0 Å². The lowest BCUT2D eigenvalue weighted by atomic mass is 9.97. The van der Waals surface area contributed by atoms with E-state index in [4.69, 9.17) is 0 Å². The molecular weight excluding hydrogens is 322 g/mol. The molecule has 2 fully saturated rings. The molecule has 0 aromatic heterocycles. The van der Waals surface area contributed by atoms with Gasteiger partial charge in [0.1, 0.15) is 5.75 Å². The molecule has 1 N–H and O–H groups in total. The summed E-state index contributed by atoms with van der Waals surface area (Å²) in [4.78, 5) is 7.68. The van der Waals surface area contributed by atoms with Crippen LogP contribution in [0.15, 0.2) is 49.2 Å². The number of likely N-dealkylation sites (tertiary alicyclic amines) is 1. The highest BCUT2D eigenvalue weighted by Crippen LogP contribution is 2.25. The summed E-state index contributed by atoms with van der Waals surface area (Å²) in [5.74, 6) is 0.344. The maximum Gasteiger partial charge on any atom is 0.115 e. The topological polar surface area (TPSA) is 30.0 Å². The molecule has 2 aliphatic rings. The largest absolute Gasteiger partial charge is 0.508 e. The van der Waals surface area contributed by atoms with E-state index in [9.17, 15) is 5.11 Å². The Morgan fingerprint density at radius 2 is 1.85 bits per heavy atom. The molecule has 0 saturated carbocycles. The standard InChI is InChI=1S/C22H33N3O/c1-4-18(3)24-14-15-25(20(5-2)17-24)21-10-12-23(13-11-21)16-19-6-8-22(26)9-7-19/h4,6-9,20-21,26H,1,3,5,10-17H2,2H3. The summed E-state index contributed by atoms with van der Waals surface area (Å²) in [6, 6.07) is 8.94. The molecule has 0 bridgehead atoms. The number of phenols is 1. The summed E-state index contributed by atoms with van der Waals surface area (Å²) in [5, 5.41) is 9.42. The molecule has 142 valence electrons. The van der Waals surface area contributed by atoms with Gasteiger partial charge >= 0.3 is 0 Å². The predicted molar refractivity (Wildman–Crippen MR) is 108 cm³/mol. The van der Waals surface area contributed by atoms with Crippen molar-refractivity contribution in [3.8, 4) is 5.75 Å². The van der Waals surface area contributed by atoms with Crippen LogP contribution in [0.4, 0.5) is 0 Å². The molecule has 1 aromatic rings. The molecule has 0 radical (unpaired) electrons. The highest BCUT2D eigenvalue weighted by Gasteiger charge is 2.32. The molecule has 3 rings (SSSR count). The minimum atomic E-state index is 0.344. The lowest BCUT2D eigenvalue weighted by Crippen LogP contribution is -2.57. The minimum absolute atomic E-state index is 0.344. The van der Waals surface area contributed by atoms with E-state index in [1.165, 1.54) is 24.8 Å². The van der Waals surface area contributed by atoms with Gasteiger partial charge in [-0.2, -0.15) is 0 Å². The molecule has 2 heterocycles. The zero-order chi connectivity index (χ0) is 18.5. The van der Waals surface area contributed by atoms with Crippen LogP contribution in [0, 0.1) is 0 Å². The first-order valence-corrected chi connectivity index (χ1v) is 9.93. The summed E-state index contributed by atoms with van der Waals surface area (Å²) in [5.41, 5.74) is 2.34. The van der Waals surface area contributed by atoms with Crippen LogP contribution in [0.3, 0.4) is 0 Å². The second kappa shape index (κ2) is 8.74. The number of nitrogens with zero attached hydrogens (tertiary/aromatic N) is 3. The first-order valence-electron chi connectivity index (χ1n) is 9.93. The smallest absolute Gasteiger partial charge is 0.115 e. The highest BCUT2D eigenvalue weighted by molar-refractivity contribution is 5.25. The van der Waals surface area contributed by atoms with E-state index in [2.05, 4.69) is 34.8 Å². The average molecular weight is 356 g/mol. The SMILES string of the molecule is C=CC(=C)N1CCN(C2CCN(Cc3ccc(O)cc3)CC2)C(CC)C1. The first kappa shape index (κ1) is 19.0. The molecule has 26 heavy (non-hydrogen) atoms. The Morgan fingerprint density at radius 3 is 2.46 bits per heavy atom. The molecule has 4 heteroatoms. The van der Waals surface area contributed by atoms with Crippen LogP contribution in [0.25, 0.3) is 0 Å². The van der Waals surface area contributed by atoms with Crippen LogP contribution in [0.2, 0.25) is 0 Å². The van der Waals surface area contributed by atoms with Gasteiger partial charge in [-0.1, -0.05) is 32.2 Å². The van der Waals surface area contributed by atoms with E-state index in [-0.39, 0.29) is 0 Å². The van der Waals surface area contributed by atoms with Crippen LogP contribution in [-0.2, 0) is 6.54 Å². The van der Waals surface area contributed by atoms with E-state index in [1.54, 1.807) is 12.1 Å². The summed E-state index contributed by atoms with van der Waals surface area (Å²) in [7, 11) is 0. The maximum absolute atomic E-state index is 9.42. The fourth-order valence-corrected chi connectivity index (χ4v) is 4.37. The summed E-state index contributed by atoms with van der Waals surface area (Å²) in [6.45, 7) is 16.9. The third-order valence-electron chi connectivity index (χ3n) is 6.01. The van der Waals surface area contributed by atoms with Gasteiger partial charge in [-0.3, -0.25) is 9.80 Å². The number of piperazine rings is 1. The Bertz CT molecular complexity index is 604. The molecular formula is C22H33N3O. The molecule has 1 aromatic carbocycles. The second-order valence-electron chi connectivity index (χ2n) is 7.62. The van der Waals surface area contributed by atoms with Crippen molar-refractivity contribution in [1.82, 2.24) is 14.7 Å². The number of benzene rings is 1. The Balaban J connectivity index is 1.51. The van der Waals surface area contributed by atoms with Crippen molar-refractivity contribution in [2.45, 2.75) is 44.8 Å². The van der Waals surface area contributed by atoms with Gasteiger partial charge in [0.2, 0.25) is 0 Å². The number of hydrogen-bond donors (Lipinski definition) is 1. The second-order valence-corrected chi connectivity index (χ2v) is 7.62. The lowest BCUT2D eigenvalue weighted by molar-refractivity contribution is 0.0238. The van der Waals surface area contributed by atoms with Crippen LogP contribution in [-0.4, -0.2) is 64.6 Å². The van der Waals surface area contributed by atoms with Gasteiger partial charge in [-0.25, -0.2) is 0 Å². The zero-order valence-electron chi connectivity index (χ0n) is 16.1. The summed E-state index contributed by atoms with van der Waals surface area (Å²) >= 11 is 0. The quantitative estimate of drug-likeness (QED) is 0.792. The molecule has 1 atom stereocenters. The van der Waals surface area contributed by atoms with Gasteiger partial charge in [0.15, 0.2) is 0 Å². The molecule has 1 unspecified atom stereocenters. The Kier molecular flexibility index (Phi) is 6.38. The highest BCUT2D eigenvalue weighted by atomic mass is 16.3. The third kappa shape index (κ3) is 4.49. The van der Waals surface area contributed by atoms with Crippen molar-refractivity contribution >= 4 is 0 Å². The number of hydrogen-bond acceptors (Lipinski definition) is 4. The first-order chi connectivity index (χ1) is 12.6. The van der Waals surface area contributed by atoms with Crippen LogP contribution in [0.5, 0.6) is 5.75 Å². The monoisotopic (exact) mass is 355 g/mol. The van der Waals surface area contributed by atoms with Crippen molar-refractivity contribution < 1.29 is 5.11 Å². The molecule has 2 aliphatic heterocycles. The van der Waals surface area contributed by atoms with E-state index in [0.717, 1.165) is 45.0 Å². The number of rotatable bonds is 6. The van der Waals surface area contributed by atoms with Crippen molar-refractivity contribution in [3.63, 3.8) is 0 Å². The fraction of sp³-hybridized carbons (Fsp3) is 0.545. The van der Waals surface area contributed by atoms with Gasteiger partial charge in [-0.15, -0.1) is 0 Å². The minimum Gasteiger partial charge on any atom is -0.508 e. The van der Waals surface area contributed by atoms with Crippen LogP contribution < -0.4 is 0 Å². The maximum atomic E-state index is 9.42. The molecule has 2 saturated heterocycles. The van der Waals surface area contributed by atoms with Crippen molar-refractivity contribution in [3.05, 3.63) is 54.8 Å². The number of piperidine rings is 1. The van der Waals surface area contributed by atoms with Crippen molar-refractivity contribution in [2.75, 3.05) is 32.7 Å². The Hall–Kier alpha value is -1.78. The Labute approximate surface area is 158 Å². The molecule has 0 amide bonds. The number of phenolic OH excluding ortho intramolecular Hbond substituents is 1. The fourth-order valence-electron chi connectivity index (χ4n) is 4.37. The predicted octanol–water partition coefficient (Wildman–Crippen LogP) is 3.45. The molecule has 0 spiro atoms. The van der Waals surface area contributed by atoms with Crippen LogP contribution >= 0.6 is 0 Å². The number of allylic oxidation sites excluding steroid dienone is 1. The zero-order valence-corrected chi connectivity index (χ0v) is 16.1.